The molecule has 1 spiro atoms. The van der Waals surface area contributed by atoms with Gasteiger partial charge in [-0.15, -0.1) is 11.8 Å². The van der Waals surface area contributed by atoms with E-state index in [9.17, 15) is 9.59 Å². The predicted octanol–water partition coefficient (Wildman–Crippen LogP) is -1.30. The van der Waals surface area contributed by atoms with Crippen LogP contribution >= 0.6 is 11.8 Å². The molecular formula is C11H20N4O2S. The highest BCUT2D eigenvalue weighted by Gasteiger charge is 2.52. The summed E-state index contributed by atoms with van der Waals surface area (Å²) in [7, 11) is 0. The molecule has 102 valence electrons. The van der Waals surface area contributed by atoms with E-state index >= 15 is 0 Å². The Morgan fingerprint density at radius 1 is 1.44 bits per heavy atom. The predicted molar refractivity (Wildman–Crippen MR) is 70.7 cm³/mol. The first-order valence-corrected chi connectivity index (χ1v) is 7.08. The molecule has 2 aliphatic rings. The van der Waals surface area contributed by atoms with E-state index in [0.29, 0.717) is 18.8 Å². The van der Waals surface area contributed by atoms with Gasteiger partial charge in [0.2, 0.25) is 11.8 Å². The van der Waals surface area contributed by atoms with E-state index in [2.05, 4.69) is 5.32 Å². The lowest BCUT2D eigenvalue weighted by Gasteiger charge is -2.48. The van der Waals surface area contributed by atoms with E-state index in [0.717, 1.165) is 0 Å². The topological polar surface area (TPSA) is 101 Å². The van der Waals surface area contributed by atoms with E-state index in [1.807, 2.05) is 13.8 Å². The number of nitrogens with zero attached hydrogens (tertiary/aromatic N) is 1. The van der Waals surface area contributed by atoms with E-state index in [1.54, 1.807) is 16.7 Å². The summed E-state index contributed by atoms with van der Waals surface area (Å²) in [6, 6.07) is -0.730. The Kier molecular flexibility index (Phi) is 3.57. The lowest BCUT2D eigenvalue weighted by molar-refractivity contribution is -0.139. The summed E-state index contributed by atoms with van der Waals surface area (Å²) < 4.78 is 0. The molecule has 0 aromatic heterocycles. The van der Waals surface area contributed by atoms with Gasteiger partial charge in [0.25, 0.3) is 0 Å². The van der Waals surface area contributed by atoms with Crippen molar-refractivity contribution >= 4 is 23.6 Å². The molecule has 2 saturated heterocycles. The second-order valence-corrected chi connectivity index (χ2v) is 6.77. The van der Waals surface area contributed by atoms with Crippen LogP contribution in [0.5, 0.6) is 0 Å². The third-order valence-corrected chi connectivity index (χ3v) is 4.94. The maximum absolute atomic E-state index is 12.0. The van der Waals surface area contributed by atoms with Gasteiger partial charge in [-0.2, -0.15) is 0 Å². The third kappa shape index (κ3) is 2.34. The molecule has 2 atom stereocenters. The first kappa shape index (κ1) is 13.6. The van der Waals surface area contributed by atoms with Crippen molar-refractivity contribution in [1.82, 2.24) is 10.2 Å². The van der Waals surface area contributed by atoms with Gasteiger partial charge in [-0.05, 0) is 5.92 Å². The van der Waals surface area contributed by atoms with Crippen LogP contribution in [0.25, 0.3) is 0 Å². The summed E-state index contributed by atoms with van der Waals surface area (Å²) in [5.41, 5.74) is 11.1. The van der Waals surface area contributed by atoms with E-state index in [-0.39, 0.29) is 28.6 Å². The van der Waals surface area contributed by atoms with Gasteiger partial charge in [0, 0.05) is 5.75 Å². The summed E-state index contributed by atoms with van der Waals surface area (Å²) >= 11 is 1.66. The highest BCUT2D eigenvalue weighted by molar-refractivity contribution is 8.01. The molecule has 0 aliphatic carbocycles. The summed E-state index contributed by atoms with van der Waals surface area (Å²) in [5, 5.41) is 3.21. The molecule has 0 aromatic rings. The van der Waals surface area contributed by atoms with Crippen molar-refractivity contribution in [3.8, 4) is 0 Å². The number of hydrogen-bond donors (Lipinski definition) is 3. The van der Waals surface area contributed by atoms with Crippen molar-refractivity contribution < 1.29 is 9.59 Å². The second-order valence-electron chi connectivity index (χ2n) is 5.37. The normalized spacial score (nSPS) is 27.3. The molecule has 0 radical (unpaired) electrons. The number of carbonyl (C=O) groups excluding carboxylic acids is 2. The van der Waals surface area contributed by atoms with Crippen LogP contribution < -0.4 is 16.8 Å². The summed E-state index contributed by atoms with van der Waals surface area (Å²) in [6.07, 6.45) is 0. The van der Waals surface area contributed by atoms with Gasteiger partial charge in [0.15, 0.2) is 0 Å². The molecule has 0 aromatic carbocycles. The maximum Gasteiger partial charge on any atom is 0.239 e. The molecule has 2 rings (SSSR count). The molecule has 0 bridgehead atoms. The van der Waals surface area contributed by atoms with Crippen LogP contribution in [-0.2, 0) is 9.59 Å². The molecule has 5 N–H and O–H groups in total. The van der Waals surface area contributed by atoms with Crippen molar-refractivity contribution in [2.75, 3.05) is 18.8 Å². The average molecular weight is 272 g/mol. The number of hydrogen-bond acceptors (Lipinski definition) is 5. The quantitative estimate of drug-likeness (QED) is 0.593. The van der Waals surface area contributed by atoms with Crippen LogP contribution in [0.3, 0.4) is 0 Å². The monoisotopic (exact) mass is 272 g/mol. The molecule has 2 fully saturated rings. The SMILES string of the molecule is CC(C)[C@H](N)C(=O)N1CC2(C1)N[C@H](C(N)=O)CS2. The standard InChI is InChI=1S/C11H20N4O2S/c1-6(2)8(12)10(17)15-4-11(5-15)14-7(3-18-11)9(13)16/h6-8,14H,3-5,12H2,1-2H3,(H2,13,16)/t7-,8-/m0/s1. The fraction of sp³-hybridized carbons (Fsp3) is 0.818. The Morgan fingerprint density at radius 3 is 2.50 bits per heavy atom. The van der Waals surface area contributed by atoms with Crippen molar-refractivity contribution in [3.63, 3.8) is 0 Å². The van der Waals surface area contributed by atoms with Crippen LogP contribution in [0.2, 0.25) is 0 Å². The number of amides is 2. The number of carbonyl (C=O) groups is 2. The van der Waals surface area contributed by atoms with Gasteiger partial charge in [-0.1, -0.05) is 13.8 Å². The summed E-state index contributed by atoms with van der Waals surface area (Å²) in [4.78, 5) is 24.6. The maximum atomic E-state index is 12.0. The molecule has 0 unspecified atom stereocenters. The first-order chi connectivity index (χ1) is 8.34. The number of primary amides is 1. The van der Waals surface area contributed by atoms with Crippen molar-refractivity contribution in [3.05, 3.63) is 0 Å². The smallest absolute Gasteiger partial charge is 0.239 e. The van der Waals surface area contributed by atoms with Gasteiger partial charge < -0.3 is 16.4 Å². The Hall–Kier alpha value is -0.790. The van der Waals surface area contributed by atoms with E-state index in [4.69, 9.17) is 11.5 Å². The van der Waals surface area contributed by atoms with Gasteiger partial charge in [-0.25, -0.2) is 0 Å². The van der Waals surface area contributed by atoms with Gasteiger partial charge in [-0.3, -0.25) is 14.9 Å². The number of likely N-dealkylation sites (tertiary alicyclic amines) is 1. The molecule has 6 nitrogen and oxygen atoms in total. The van der Waals surface area contributed by atoms with Gasteiger partial charge in [0.1, 0.15) is 4.87 Å². The molecule has 18 heavy (non-hydrogen) atoms. The van der Waals surface area contributed by atoms with Crippen LogP contribution in [0, 0.1) is 5.92 Å². The van der Waals surface area contributed by atoms with Crippen LogP contribution in [-0.4, -0.2) is 52.5 Å². The van der Waals surface area contributed by atoms with Gasteiger partial charge in [0.05, 0.1) is 25.2 Å². The molecule has 7 heteroatoms. The minimum Gasteiger partial charge on any atom is -0.368 e. The van der Waals surface area contributed by atoms with Crippen LogP contribution in [0.4, 0.5) is 0 Å². The largest absolute Gasteiger partial charge is 0.368 e. The Bertz CT molecular complexity index is 368. The van der Waals surface area contributed by atoms with E-state index < -0.39 is 6.04 Å². The Morgan fingerprint density at radius 2 is 2.06 bits per heavy atom. The highest BCUT2D eigenvalue weighted by atomic mass is 32.2. The summed E-state index contributed by atoms with van der Waals surface area (Å²) in [6.45, 7) is 5.06. The van der Waals surface area contributed by atoms with Gasteiger partial charge >= 0.3 is 0 Å². The van der Waals surface area contributed by atoms with Crippen LogP contribution in [0.15, 0.2) is 0 Å². The molecule has 2 heterocycles. The fourth-order valence-corrected chi connectivity index (χ4v) is 3.65. The van der Waals surface area contributed by atoms with Crippen molar-refractivity contribution in [2.24, 2.45) is 17.4 Å². The molecule has 2 amide bonds. The lowest BCUT2D eigenvalue weighted by Crippen LogP contribution is -2.70. The fourth-order valence-electron chi connectivity index (χ4n) is 2.20. The van der Waals surface area contributed by atoms with Crippen molar-refractivity contribution in [1.29, 1.82) is 0 Å². The molecule has 2 aliphatic heterocycles. The minimum atomic E-state index is -0.444. The van der Waals surface area contributed by atoms with Crippen molar-refractivity contribution in [2.45, 2.75) is 30.8 Å². The minimum absolute atomic E-state index is 0.0134. The molecule has 0 saturated carbocycles. The Balaban J connectivity index is 1.87. The lowest BCUT2D eigenvalue weighted by atomic mass is 10.00. The Labute approximate surface area is 111 Å². The highest BCUT2D eigenvalue weighted by Crippen LogP contribution is 2.38. The first-order valence-electron chi connectivity index (χ1n) is 6.10. The number of nitrogens with two attached hydrogens (primary N) is 2. The van der Waals surface area contributed by atoms with E-state index in [1.165, 1.54) is 0 Å². The zero-order valence-corrected chi connectivity index (χ0v) is 11.5. The zero-order valence-electron chi connectivity index (χ0n) is 10.7. The number of rotatable bonds is 3. The number of nitrogens with one attached hydrogen (secondary N) is 1. The van der Waals surface area contributed by atoms with Crippen LogP contribution in [0.1, 0.15) is 13.8 Å². The summed E-state index contributed by atoms with van der Waals surface area (Å²) in [5.74, 6) is 0.466. The molecular weight excluding hydrogens is 252 g/mol. The third-order valence-electron chi connectivity index (χ3n) is 3.51. The number of thioether (sulfide) groups is 1. The second kappa shape index (κ2) is 4.71. The average Bonchev–Trinajstić information content (AvgIpc) is 2.69. The zero-order chi connectivity index (χ0) is 13.5.